The fourth-order valence-corrected chi connectivity index (χ4v) is 2.96. The van der Waals surface area contributed by atoms with Crippen LogP contribution in [0.4, 0.5) is 0 Å². The maximum absolute atomic E-state index is 12.2. The summed E-state index contributed by atoms with van der Waals surface area (Å²) in [6.07, 6.45) is 0. The first-order chi connectivity index (χ1) is 11.6. The van der Waals surface area contributed by atoms with Gasteiger partial charge in [0, 0.05) is 13.1 Å². The van der Waals surface area contributed by atoms with E-state index >= 15 is 0 Å². The number of rotatable bonds is 5. The lowest BCUT2D eigenvalue weighted by Crippen LogP contribution is -2.21. The molecule has 2 aromatic rings. The number of hydrogen-bond donors (Lipinski definition) is 2. The van der Waals surface area contributed by atoms with Gasteiger partial charge < -0.3 is 15.0 Å². The molecule has 0 saturated heterocycles. The molecule has 0 spiro atoms. The van der Waals surface area contributed by atoms with E-state index in [1.807, 2.05) is 13.8 Å². The molecule has 7 nitrogen and oxygen atoms in total. The van der Waals surface area contributed by atoms with Crippen molar-refractivity contribution in [1.29, 1.82) is 0 Å². The number of hydrogen-bond acceptors (Lipinski definition) is 6. The maximum atomic E-state index is 12.2. The smallest absolute Gasteiger partial charge is 0.337 e. The van der Waals surface area contributed by atoms with Crippen molar-refractivity contribution in [3.63, 3.8) is 0 Å². The third kappa shape index (κ3) is 4.35. The van der Waals surface area contributed by atoms with E-state index in [0.717, 1.165) is 11.7 Å². The van der Waals surface area contributed by atoms with E-state index in [2.05, 4.69) is 20.3 Å². The summed E-state index contributed by atoms with van der Waals surface area (Å²) < 4.78 is 4.70. The second-order valence-electron chi connectivity index (χ2n) is 4.83. The van der Waals surface area contributed by atoms with Crippen molar-refractivity contribution >= 4 is 33.8 Å². The molecule has 0 unspecified atom stereocenters. The van der Waals surface area contributed by atoms with Crippen molar-refractivity contribution in [1.82, 2.24) is 15.3 Å². The molecule has 128 valence electrons. The molecular formula is C16H20N4O3S. The number of carbonyl (C=O) groups excluding carboxylic acids is 1. The number of carbonyl (C=O) groups is 1. The van der Waals surface area contributed by atoms with Crippen molar-refractivity contribution < 1.29 is 9.53 Å². The minimum Gasteiger partial charge on any atom is -0.465 e. The fourth-order valence-electron chi connectivity index (χ4n) is 2.09. The van der Waals surface area contributed by atoms with Crippen LogP contribution in [0.2, 0.25) is 0 Å². The molecule has 1 aromatic heterocycles. The molecule has 1 heterocycles. The molecule has 1 aromatic carbocycles. The van der Waals surface area contributed by atoms with E-state index in [4.69, 9.17) is 4.74 Å². The number of nitrogens with one attached hydrogen (secondary N) is 2. The monoisotopic (exact) mass is 348 g/mol. The minimum atomic E-state index is -0.459. The number of aromatic nitrogens is 2. The molecule has 0 fully saturated rings. The van der Waals surface area contributed by atoms with Gasteiger partial charge in [0.2, 0.25) is 0 Å². The summed E-state index contributed by atoms with van der Waals surface area (Å²) >= 11 is 1.47. The van der Waals surface area contributed by atoms with E-state index in [9.17, 15) is 9.59 Å². The minimum absolute atomic E-state index is 0.232. The van der Waals surface area contributed by atoms with Gasteiger partial charge in [0.05, 0.1) is 29.3 Å². The summed E-state index contributed by atoms with van der Waals surface area (Å²) in [5, 5.41) is 4.42. The highest BCUT2D eigenvalue weighted by Crippen LogP contribution is 2.14. The SMILES string of the molecule is CCN=C(NCC)SCc1nc2cc(C(=O)OC)ccc2c(=O)[nH]1. The van der Waals surface area contributed by atoms with E-state index in [1.165, 1.54) is 18.9 Å². The number of methoxy groups -OCH3 is 1. The van der Waals surface area contributed by atoms with E-state index < -0.39 is 5.97 Å². The van der Waals surface area contributed by atoms with Gasteiger partial charge in [0.1, 0.15) is 5.82 Å². The summed E-state index contributed by atoms with van der Waals surface area (Å²) in [6.45, 7) is 5.41. The van der Waals surface area contributed by atoms with Gasteiger partial charge in [-0.15, -0.1) is 0 Å². The topological polar surface area (TPSA) is 96.4 Å². The first-order valence-corrected chi connectivity index (χ1v) is 8.60. The lowest BCUT2D eigenvalue weighted by atomic mass is 10.1. The van der Waals surface area contributed by atoms with Crippen molar-refractivity contribution in [2.75, 3.05) is 20.2 Å². The Kier molecular flexibility index (Phi) is 6.36. The molecule has 2 rings (SSSR count). The van der Waals surface area contributed by atoms with Gasteiger partial charge in [0.25, 0.3) is 5.56 Å². The third-order valence-corrected chi connectivity index (χ3v) is 4.12. The average Bonchev–Trinajstić information content (AvgIpc) is 2.59. The molecule has 0 bridgehead atoms. The van der Waals surface area contributed by atoms with Crippen LogP contribution in [0, 0.1) is 0 Å². The van der Waals surface area contributed by atoms with Crippen molar-refractivity contribution in [2.45, 2.75) is 19.6 Å². The summed E-state index contributed by atoms with van der Waals surface area (Å²) in [6, 6.07) is 4.69. The summed E-state index contributed by atoms with van der Waals surface area (Å²) in [5.74, 6) is 0.542. The number of aliphatic imine (C=N–C) groups is 1. The van der Waals surface area contributed by atoms with Crippen molar-refractivity contribution in [2.24, 2.45) is 4.99 Å². The van der Waals surface area contributed by atoms with Crippen LogP contribution in [0.15, 0.2) is 28.0 Å². The Hall–Kier alpha value is -2.35. The highest BCUT2D eigenvalue weighted by Gasteiger charge is 2.10. The molecule has 0 aliphatic carbocycles. The first-order valence-electron chi connectivity index (χ1n) is 7.61. The van der Waals surface area contributed by atoms with Gasteiger partial charge in [-0.25, -0.2) is 9.78 Å². The Morgan fingerprint density at radius 2 is 2.21 bits per heavy atom. The summed E-state index contributed by atoms with van der Waals surface area (Å²) in [7, 11) is 1.31. The third-order valence-electron chi connectivity index (χ3n) is 3.15. The lowest BCUT2D eigenvalue weighted by molar-refractivity contribution is 0.0601. The first kappa shape index (κ1) is 18.0. The molecule has 0 amide bonds. The van der Waals surface area contributed by atoms with E-state index in [0.29, 0.717) is 34.6 Å². The summed E-state index contributed by atoms with van der Waals surface area (Å²) in [5.41, 5.74) is 0.599. The normalized spacial score (nSPS) is 11.5. The van der Waals surface area contributed by atoms with Crippen LogP contribution in [0.3, 0.4) is 0 Å². The number of aromatic amines is 1. The Labute approximate surface area is 143 Å². The largest absolute Gasteiger partial charge is 0.465 e. The zero-order chi connectivity index (χ0) is 17.5. The van der Waals surface area contributed by atoms with Gasteiger partial charge in [-0.05, 0) is 32.0 Å². The Morgan fingerprint density at radius 3 is 2.88 bits per heavy atom. The number of ether oxygens (including phenoxy) is 1. The fraction of sp³-hybridized carbons (Fsp3) is 0.375. The van der Waals surface area contributed by atoms with Crippen molar-refractivity contribution in [3.8, 4) is 0 Å². The van der Waals surface area contributed by atoms with Crippen LogP contribution >= 0.6 is 11.8 Å². The molecule has 8 heteroatoms. The van der Waals surface area contributed by atoms with Gasteiger partial charge >= 0.3 is 5.97 Å². The lowest BCUT2D eigenvalue weighted by Gasteiger charge is -2.08. The van der Waals surface area contributed by atoms with Crippen LogP contribution in [-0.2, 0) is 10.5 Å². The van der Waals surface area contributed by atoms with Gasteiger partial charge in [-0.3, -0.25) is 9.79 Å². The van der Waals surface area contributed by atoms with Crippen LogP contribution in [0.25, 0.3) is 10.9 Å². The standard InChI is InChI=1S/C16H20N4O3S/c1-4-17-16(18-5-2)24-9-13-19-12-8-10(15(22)23-3)6-7-11(12)14(21)20-13/h6-8H,4-5,9H2,1-3H3,(H,17,18)(H,19,20,21). The molecule has 0 aliphatic heterocycles. The number of esters is 1. The molecule has 0 atom stereocenters. The second kappa shape index (κ2) is 8.49. The second-order valence-corrected chi connectivity index (χ2v) is 5.80. The average molecular weight is 348 g/mol. The Morgan fingerprint density at radius 1 is 1.42 bits per heavy atom. The van der Waals surface area contributed by atoms with E-state index in [-0.39, 0.29) is 5.56 Å². The molecule has 2 N–H and O–H groups in total. The highest BCUT2D eigenvalue weighted by molar-refractivity contribution is 8.13. The van der Waals surface area contributed by atoms with Crippen molar-refractivity contribution in [3.05, 3.63) is 39.9 Å². The predicted octanol–water partition coefficient (Wildman–Crippen LogP) is 1.93. The number of H-pyrrole nitrogens is 1. The molecule has 0 saturated carbocycles. The summed E-state index contributed by atoms with van der Waals surface area (Å²) in [4.78, 5) is 35.4. The molecule has 0 radical (unpaired) electrons. The number of amidine groups is 1. The predicted molar refractivity (Wildman–Crippen MR) is 96.7 cm³/mol. The van der Waals surface area contributed by atoms with E-state index in [1.54, 1.807) is 18.2 Å². The Balaban J connectivity index is 2.29. The maximum Gasteiger partial charge on any atom is 0.337 e. The Bertz CT molecular complexity index is 817. The van der Waals surface area contributed by atoms with Crippen LogP contribution in [0.5, 0.6) is 0 Å². The molecule has 0 aliphatic rings. The van der Waals surface area contributed by atoms with Crippen LogP contribution in [-0.4, -0.2) is 41.3 Å². The number of nitrogens with zero attached hydrogens (tertiary/aromatic N) is 2. The quantitative estimate of drug-likeness (QED) is 0.487. The van der Waals surface area contributed by atoms with Crippen LogP contribution in [0.1, 0.15) is 30.0 Å². The number of fused-ring (bicyclic) bond motifs is 1. The van der Waals surface area contributed by atoms with Crippen LogP contribution < -0.4 is 10.9 Å². The van der Waals surface area contributed by atoms with Gasteiger partial charge in [-0.1, -0.05) is 11.8 Å². The zero-order valence-electron chi connectivity index (χ0n) is 13.9. The number of thioether (sulfide) groups is 1. The highest BCUT2D eigenvalue weighted by atomic mass is 32.2. The zero-order valence-corrected chi connectivity index (χ0v) is 14.7. The van der Waals surface area contributed by atoms with Gasteiger partial charge in [0.15, 0.2) is 5.17 Å². The number of benzene rings is 1. The van der Waals surface area contributed by atoms with Gasteiger partial charge in [-0.2, -0.15) is 0 Å². The molecule has 24 heavy (non-hydrogen) atoms. The molecular weight excluding hydrogens is 328 g/mol.